The summed E-state index contributed by atoms with van der Waals surface area (Å²) in [6.07, 6.45) is 3.50. The lowest BCUT2D eigenvalue weighted by Gasteiger charge is -2.21. The van der Waals surface area contributed by atoms with Gasteiger partial charge in [0.2, 0.25) is 0 Å². The number of carbonyl (C=O) groups is 1. The number of hydrogen-bond acceptors (Lipinski definition) is 6. The van der Waals surface area contributed by atoms with Gasteiger partial charge in [-0.3, -0.25) is 14.7 Å². The maximum Gasteiger partial charge on any atom is 0.261 e. The third kappa shape index (κ3) is 4.52. The van der Waals surface area contributed by atoms with Crippen molar-refractivity contribution in [1.82, 2.24) is 15.0 Å². The summed E-state index contributed by atoms with van der Waals surface area (Å²) in [5.41, 5.74) is 4.77. The highest BCUT2D eigenvalue weighted by atomic mass is 32.1. The Bertz CT molecular complexity index is 1720. The van der Waals surface area contributed by atoms with Crippen LogP contribution in [-0.2, 0) is 6.54 Å². The second-order valence-electron chi connectivity index (χ2n) is 8.52. The van der Waals surface area contributed by atoms with Crippen LogP contribution < -0.4 is 9.64 Å². The van der Waals surface area contributed by atoms with Crippen LogP contribution in [0.15, 0.2) is 103 Å². The number of carbonyl (C=O) groups excluding carboxylic acids is 1. The Morgan fingerprint density at radius 1 is 0.892 bits per heavy atom. The molecule has 37 heavy (non-hydrogen) atoms. The number of thiazole rings is 1. The molecule has 3 aromatic carbocycles. The van der Waals surface area contributed by atoms with Crippen LogP contribution in [0.4, 0.5) is 5.13 Å². The Kier molecular flexibility index (Phi) is 6.04. The summed E-state index contributed by atoms with van der Waals surface area (Å²) >= 11 is 1.46. The van der Waals surface area contributed by atoms with Gasteiger partial charge in [-0.1, -0.05) is 65.9 Å². The molecule has 0 spiro atoms. The van der Waals surface area contributed by atoms with Gasteiger partial charge < -0.3 is 4.74 Å². The monoisotopic (exact) mass is 502 g/mol. The first kappa shape index (κ1) is 22.8. The van der Waals surface area contributed by atoms with Crippen molar-refractivity contribution in [1.29, 1.82) is 0 Å². The molecular weight excluding hydrogens is 480 g/mol. The zero-order valence-corrected chi connectivity index (χ0v) is 20.9. The third-order valence-electron chi connectivity index (χ3n) is 6.14. The van der Waals surface area contributed by atoms with Crippen LogP contribution in [0.5, 0.6) is 5.75 Å². The van der Waals surface area contributed by atoms with Crippen LogP contribution in [0, 0.1) is 0 Å². The minimum atomic E-state index is -0.148. The quantitative estimate of drug-likeness (QED) is 0.252. The molecule has 0 aliphatic carbocycles. The van der Waals surface area contributed by atoms with Crippen LogP contribution in [0.3, 0.4) is 0 Å². The Morgan fingerprint density at radius 3 is 2.54 bits per heavy atom. The fourth-order valence-corrected chi connectivity index (χ4v) is 5.28. The molecule has 0 saturated carbocycles. The molecule has 180 valence electrons. The van der Waals surface area contributed by atoms with Crippen molar-refractivity contribution in [2.75, 3.05) is 12.0 Å². The molecule has 0 N–H and O–H groups in total. The number of pyridine rings is 2. The molecule has 0 atom stereocenters. The van der Waals surface area contributed by atoms with Gasteiger partial charge >= 0.3 is 0 Å². The van der Waals surface area contributed by atoms with Gasteiger partial charge in [0, 0.05) is 23.3 Å². The number of ether oxygens (including phenoxy) is 1. The summed E-state index contributed by atoms with van der Waals surface area (Å²) in [7, 11) is 1.64. The summed E-state index contributed by atoms with van der Waals surface area (Å²) < 4.78 is 6.34. The molecule has 3 heterocycles. The molecule has 1 amide bonds. The molecule has 0 bridgehead atoms. The Balaban J connectivity index is 1.51. The molecular formula is C30H22N4O2S. The number of para-hydroxylation sites is 1. The van der Waals surface area contributed by atoms with E-state index in [2.05, 4.69) is 4.98 Å². The molecule has 0 saturated heterocycles. The zero-order valence-electron chi connectivity index (χ0n) is 20.0. The molecule has 0 aliphatic rings. The van der Waals surface area contributed by atoms with E-state index < -0.39 is 0 Å². The first-order chi connectivity index (χ1) is 18.2. The largest absolute Gasteiger partial charge is 0.497 e. The molecule has 6 aromatic rings. The van der Waals surface area contributed by atoms with Crippen molar-refractivity contribution in [2.45, 2.75) is 6.54 Å². The van der Waals surface area contributed by atoms with Crippen LogP contribution in [0.25, 0.3) is 32.4 Å². The number of methoxy groups -OCH3 is 1. The minimum absolute atomic E-state index is 0.148. The van der Waals surface area contributed by atoms with Gasteiger partial charge in [-0.05, 0) is 42.0 Å². The molecule has 0 radical (unpaired) electrons. The number of rotatable bonds is 6. The maximum absolute atomic E-state index is 14.4. The molecule has 0 fully saturated rings. The lowest BCUT2D eigenvalue weighted by molar-refractivity contribution is 0.0986. The van der Waals surface area contributed by atoms with Crippen molar-refractivity contribution in [3.05, 3.63) is 115 Å². The Morgan fingerprint density at radius 2 is 1.73 bits per heavy atom. The number of nitrogens with zero attached hydrogens (tertiary/aromatic N) is 4. The average molecular weight is 503 g/mol. The van der Waals surface area contributed by atoms with E-state index in [-0.39, 0.29) is 5.91 Å². The van der Waals surface area contributed by atoms with Crippen molar-refractivity contribution >= 4 is 43.5 Å². The predicted molar refractivity (Wildman–Crippen MR) is 148 cm³/mol. The summed E-state index contributed by atoms with van der Waals surface area (Å²) in [6, 6.07) is 29.1. The second-order valence-corrected chi connectivity index (χ2v) is 9.53. The molecule has 0 aliphatic heterocycles. The van der Waals surface area contributed by atoms with Crippen LogP contribution in [0.1, 0.15) is 15.9 Å². The molecule has 6 rings (SSSR count). The van der Waals surface area contributed by atoms with E-state index in [1.165, 1.54) is 11.3 Å². The Labute approximate surface area is 217 Å². The van der Waals surface area contributed by atoms with Gasteiger partial charge in [0.25, 0.3) is 5.91 Å². The number of fused-ring (bicyclic) bond motifs is 2. The van der Waals surface area contributed by atoms with Gasteiger partial charge in [0.1, 0.15) is 5.75 Å². The first-order valence-corrected chi connectivity index (χ1v) is 12.6. The van der Waals surface area contributed by atoms with Crippen molar-refractivity contribution in [3.63, 3.8) is 0 Å². The lowest BCUT2D eigenvalue weighted by atomic mass is 10.0. The normalized spacial score (nSPS) is 11.1. The standard InChI is InChI=1S/C30H22N4O2S/c1-36-22-13-14-26-28(16-22)37-30(33-26)34(19-20-8-7-15-31-18-20)29(35)24-17-27(21-9-3-2-4-10-21)32-25-12-6-5-11-23(24)25/h2-18H,19H2,1H3. The van der Waals surface area contributed by atoms with E-state index in [9.17, 15) is 4.79 Å². The van der Waals surface area contributed by atoms with E-state index in [0.717, 1.165) is 43.7 Å². The van der Waals surface area contributed by atoms with E-state index in [0.29, 0.717) is 17.2 Å². The molecule has 0 unspecified atom stereocenters. The van der Waals surface area contributed by atoms with Crippen molar-refractivity contribution in [2.24, 2.45) is 0 Å². The number of aromatic nitrogens is 3. The van der Waals surface area contributed by atoms with Crippen LogP contribution in [0.2, 0.25) is 0 Å². The van der Waals surface area contributed by atoms with E-state index in [1.807, 2.05) is 91.0 Å². The summed E-state index contributed by atoms with van der Waals surface area (Å²) in [6.45, 7) is 0.334. The van der Waals surface area contributed by atoms with Gasteiger partial charge in [-0.25, -0.2) is 9.97 Å². The van der Waals surface area contributed by atoms with Crippen molar-refractivity contribution < 1.29 is 9.53 Å². The maximum atomic E-state index is 14.4. The number of hydrogen-bond donors (Lipinski definition) is 0. The predicted octanol–water partition coefficient (Wildman–Crippen LogP) is 6.76. The van der Waals surface area contributed by atoms with Crippen LogP contribution in [-0.4, -0.2) is 28.0 Å². The number of benzene rings is 3. The number of anilines is 1. The van der Waals surface area contributed by atoms with Gasteiger partial charge in [0.15, 0.2) is 5.13 Å². The highest BCUT2D eigenvalue weighted by Crippen LogP contribution is 2.34. The first-order valence-electron chi connectivity index (χ1n) is 11.8. The average Bonchev–Trinajstić information content (AvgIpc) is 3.39. The fraction of sp³-hybridized carbons (Fsp3) is 0.0667. The SMILES string of the molecule is COc1ccc2nc(N(Cc3cccnc3)C(=O)c3cc(-c4ccccc4)nc4ccccc34)sc2c1. The summed E-state index contributed by atoms with van der Waals surface area (Å²) in [4.78, 5) is 30.0. The Hall–Kier alpha value is -4.62. The molecule has 3 aromatic heterocycles. The fourth-order valence-electron chi connectivity index (χ4n) is 4.29. The molecule has 6 nitrogen and oxygen atoms in total. The van der Waals surface area contributed by atoms with Crippen molar-refractivity contribution in [3.8, 4) is 17.0 Å². The van der Waals surface area contributed by atoms with E-state index >= 15 is 0 Å². The smallest absolute Gasteiger partial charge is 0.261 e. The third-order valence-corrected chi connectivity index (χ3v) is 7.18. The summed E-state index contributed by atoms with van der Waals surface area (Å²) in [5, 5.41) is 1.41. The van der Waals surface area contributed by atoms with Gasteiger partial charge in [0.05, 0.1) is 40.6 Å². The second kappa shape index (κ2) is 9.79. The minimum Gasteiger partial charge on any atom is -0.497 e. The number of amides is 1. The van der Waals surface area contributed by atoms with E-state index in [1.54, 1.807) is 24.4 Å². The zero-order chi connectivity index (χ0) is 25.2. The van der Waals surface area contributed by atoms with Crippen LogP contribution >= 0.6 is 11.3 Å². The highest BCUT2D eigenvalue weighted by Gasteiger charge is 2.25. The van der Waals surface area contributed by atoms with E-state index in [4.69, 9.17) is 14.7 Å². The van der Waals surface area contributed by atoms with Gasteiger partial charge in [-0.15, -0.1) is 0 Å². The molecule has 7 heteroatoms. The summed E-state index contributed by atoms with van der Waals surface area (Å²) in [5.74, 6) is 0.603. The van der Waals surface area contributed by atoms with Gasteiger partial charge in [-0.2, -0.15) is 0 Å². The highest BCUT2D eigenvalue weighted by molar-refractivity contribution is 7.22. The lowest BCUT2D eigenvalue weighted by Crippen LogP contribution is -2.30. The topological polar surface area (TPSA) is 68.2 Å².